The van der Waals surface area contributed by atoms with Gasteiger partial charge >= 0.3 is 0 Å². The Balaban J connectivity index is 2.63. The van der Waals surface area contributed by atoms with Gasteiger partial charge in [-0.1, -0.05) is 25.7 Å². The van der Waals surface area contributed by atoms with Crippen LogP contribution in [-0.2, 0) is 10.0 Å². The van der Waals surface area contributed by atoms with Crippen LogP contribution in [0.4, 0.5) is 0 Å². The number of rotatable bonds is 6. The van der Waals surface area contributed by atoms with Gasteiger partial charge < -0.3 is 5.73 Å². The molecule has 0 saturated carbocycles. The molecule has 110 valence electrons. The minimum absolute atomic E-state index is 0.264. The van der Waals surface area contributed by atoms with Crippen LogP contribution >= 0.6 is 0 Å². The molecule has 0 aromatic heterocycles. The molecule has 0 aliphatic carbocycles. The quantitative estimate of drug-likeness (QED) is 0.620. The average Bonchev–Trinajstić information content (AvgIpc) is 2.42. The Morgan fingerprint density at radius 3 is 2.45 bits per heavy atom. The van der Waals surface area contributed by atoms with Crippen molar-refractivity contribution in [1.82, 2.24) is 4.72 Å². The smallest absolute Gasteiger partial charge is 0.240 e. The highest BCUT2D eigenvalue weighted by Gasteiger charge is 2.12. The second kappa shape index (κ2) is 8.05. The number of sulfonamides is 1. The van der Waals surface area contributed by atoms with E-state index < -0.39 is 10.0 Å². The molecule has 0 amide bonds. The maximum Gasteiger partial charge on any atom is 0.240 e. The van der Waals surface area contributed by atoms with Crippen molar-refractivity contribution >= 4 is 10.0 Å². The molecule has 0 atom stereocenters. The van der Waals surface area contributed by atoms with Crippen LogP contribution in [0.2, 0.25) is 0 Å². The first-order valence-electron chi connectivity index (χ1n) is 6.74. The second-order valence-corrected chi connectivity index (χ2v) is 6.73. The molecule has 0 radical (unpaired) electrons. The van der Waals surface area contributed by atoms with Crippen molar-refractivity contribution in [2.24, 2.45) is 11.7 Å². The van der Waals surface area contributed by atoms with E-state index in [0.29, 0.717) is 12.5 Å². The Kier molecular flexibility index (Phi) is 6.73. The minimum atomic E-state index is -3.42. The van der Waals surface area contributed by atoms with Crippen LogP contribution in [0.1, 0.15) is 32.3 Å². The summed E-state index contributed by atoms with van der Waals surface area (Å²) < 4.78 is 26.7. The van der Waals surface area contributed by atoms with Gasteiger partial charge in [-0.2, -0.15) is 0 Å². The third-order valence-corrected chi connectivity index (χ3v) is 4.23. The van der Waals surface area contributed by atoms with Crippen molar-refractivity contribution in [1.29, 1.82) is 0 Å². The lowest BCUT2D eigenvalue weighted by atomic mass is 10.1. The molecular formula is C15H22N2O2S. The number of nitrogens with one attached hydrogen (secondary N) is 1. The SMILES string of the molecule is CC(C)CCCNS(=O)(=O)c1ccc(C#CCN)cc1. The molecule has 0 spiro atoms. The van der Waals surface area contributed by atoms with Crippen LogP contribution in [0, 0.1) is 17.8 Å². The lowest BCUT2D eigenvalue weighted by molar-refractivity contribution is 0.540. The Labute approximate surface area is 121 Å². The molecule has 0 bridgehead atoms. The maximum atomic E-state index is 12.0. The van der Waals surface area contributed by atoms with Gasteiger partial charge in [0.05, 0.1) is 11.4 Å². The normalized spacial score (nSPS) is 11.2. The van der Waals surface area contributed by atoms with Gasteiger partial charge in [-0.05, 0) is 43.0 Å². The number of nitrogens with two attached hydrogens (primary N) is 1. The van der Waals surface area contributed by atoms with Crippen LogP contribution < -0.4 is 10.5 Å². The number of hydrogen-bond donors (Lipinski definition) is 2. The van der Waals surface area contributed by atoms with Crippen molar-refractivity contribution < 1.29 is 8.42 Å². The van der Waals surface area contributed by atoms with E-state index in [-0.39, 0.29) is 11.4 Å². The predicted octanol–water partition coefficient (Wildman–Crippen LogP) is 1.71. The largest absolute Gasteiger partial charge is 0.320 e. The topological polar surface area (TPSA) is 72.2 Å². The fraction of sp³-hybridized carbons (Fsp3) is 0.467. The van der Waals surface area contributed by atoms with Crippen LogP contribution in [0.25, 0.3) is 0 Å². The zero-order valence-electron chi connectivity index (χ0n) is 12.0. The third kappa shape index (κ3) is 5.74. The zero-order chi connectivity index (χ0) is 15.0. The molecule has 5 heteroatoms. The van der Waals surface area contributed by atoms with Gasteiger partial charge in [0, 0.05) is 12.1 Å². The highest BCUT2D eigenvalue weighted by atomic mass is 32.2. The molecule has 3 N–H and O–H groups in total. The summed E-state index contributed by atoms with van der Waals surface area (Å²) in [7, 11) is -3.42. The van der Waals surface area contributed by atoms with E-state index in [0.717, 1.165) is 18.4 Å². The fourth-order valence-electron chi connectivity index (χ4n) is 1.67. The van der Waals surface area contributed by atoms with Gasteiger partial charge in [-0.15, -0.1) is 0 Å². The van der Waals surface area contributed by atoms with Gasteiger partial charge in [0.15, 0.2) is 0 Å². The first kappa shape index (κ1) is 16.7. The van der Waals surface area contributed by atoms with E-state index in [2.05, 4.69) is 30.4 Å². The molecule has 1 aromatic carbocycles. The van der Waals surface area contributed by atoms with E-state index >= 15 is 0 Å². The van der Waals surface area contributed by atoms with Crippen molar-refractivity contribution in [2.45, 2.75) is 31.6 Å². The summed E-state index contributed by atoms with van der Waals surface area (Å²) in [5.74, 6) is 6.17. The molecule has 20 heavy (non-hydrogen) atoms. The molecule has 4 nitrogen and oxygen atoms in total. The zero-order valence-corrected chi connectivity index (χ0v) is 12.8. The third-order valence-electron chi connectivity index (χ3n) is 2.75. The molecular weight excluding hydrogens is 272 g/mol. The fourth-order valence-corrected chi connectivity index (χ4v) is 2.74. The summed E-state index contributed by atoms with van der Waals surface area (Å²) in [5.41, 5.74) is 6.04. The predicted molar refractivity (Wildman–Crippen MR) is 81.6 cm³/mol. The van der Waals surface area contributed by atoms with E-state index in [1.807, 2.05) is 0 Å². The van der Waals surface area contributed by atoms with Gasteiger partial charge in [0.2, 0.25) is 10.0 Å². The maximum absolute atomic E-state index is 12.0. The summed E-state index contributed by atoms with van der Waals surface area (Å²) >= 11 is 0. The summed E-state index contributed by atoms with van der Waals surface area (Å²) in [6.07, 6.45) is 1.85. The molecule has 1 rings (SSSR count). The molecule has 0 aliphatic rings. The summed E-state index contributed by atoms with van der Waals surface area (Å²) in [4.78, 5) is 0.264. The highest BCUT2D eigenvalue weighted by Crippen LogP contribution is 2.10. The molecule has 0 unspecified atom stereocenters. The van der Waals surface area contributed by atoms with Crippen molar-refractivity contribution in [3.05, 3.63) is 29.8 Å². The molecule has 0 saturated heterocycles. The minimum Gasteiger partial charge on any atom is -0.320 e. The Bertz CT molecular complexity index is 566. The van der Waals surface area contributed by atoms with Gasteiger partial charge in [0.25, 0.3) is 0 Å². The van der Waals surface area contributed by atoms with Gasteiger partial charge in [-0.3, -0.25) is 0 Å². The van der Waals surface area contributed by atoms with E-state index in [9.17, 15) is 8.42 Å². The number of hydrogen-bond acceptors (Lipinski definition) is 3. The molecule has 0 heterocycles. The number of benzene rings is 1. The Morgan fingerprint density at radius 1 is 1.25 bits per heavy atom. The van der Waals surface area contributed by atoms with Crippen molar-refractivity contribution in [3.63, 3.8) is 0 Å². The van der Waals surface area contributed by atoms with Crippen LogP contribution in [0.3, 0.4) is 0 Å². The Hall–Kier alpha value is -1.35. The van der Waals surface area contributed by atoms with Crippen LogP contribution in [0.15, 0.2) is 29.2 Å². The molecule has 0 fully saturated rings. The lowest BCUT2D eigenvalue weighted by Crippen LogP contribution is -2.25. The first-order valence-corrected chi connectivity index (χ1v) is 8.22. The van der Waals surface area contributed by atoms with E-state index in [4.69, 9.17) is 5.73 Å². The van der Waals surface area contributed by atoms with Gasteiger partial charge in [0.1, 0.15) is 0 Å². The summed E-state index contributed by atoms with van der Waals surface area (Å²) in [6, 6.07) is 6.49. The summed E-state index contributed by atoms with van der Waals surface area (Å²) in [6.45, 7) is 5.00. The standard InChI is InChI=1S/C15H22N2O2S/c1-13(2)5-4-12-17-20(18,19)15-9-7-14(8-10-15)6-3-11-16/h7-10,13,17H,4-5,11-12,16H2,1-2H3. The second-order valence-electron chi connectivity index (χ2n) is 4.96. The lowest BCUT2D eigenvalue weighted by Gasteiger charge is -2.08. The highest BCUT2D eigenvalue weighted by molar-refractivity contribution is 7.89. The van der Waals surface area contributed by atoms with Crippen molar-refractivity contribution in [3.8, 4) is 11.8 Å². The summed E-state index contributed by atoms with van der Waals surface area (Å²) in [5, 5.41) is 0. The van der Waals surface area contributed by atoms with Crippen LogP contribution in [0.5, 0.6) is 0 Å². The van der Waals surface area contributed by atoms with Crippen LogP contribution in [-0.4, -0.2) is 21.5 Å². The molecule has 0 aliphatic heterocycles. The average molecular weight is 294 g/mol. The molecule has 1 aromatic rings. The van der Waals surface area contributed by atoms with Gasteiger partial charge in [-0.25, -0.2) is 13.1 Å². The monoisotopic (exact) mass is 294 g/mol. The Morgan fingerprint density at radius 2 is 1.90 bits per heavy atom. The van der Waals surface area contributed by atoms with Crippen molar-refractivity contribution in [2.75, 3.05) is 13.1 Å². The first-order chi connectivity index (χ1) is 9.45. The van der Waals surface area contributed by atoms with E-state index in [1.165, 1.54) is 0 Å². The van der Waals surface area contributed by atoms with E-state index in [1.54, 1.807) is 24.3 Å².